The molecule has 0 aliphatic carbocycles. The van der Waals surface area contributed by atoms with Crippen molar-refractivity contribution in [3.8, 4) is 0 Å². The first kappa shape index (κ1) is 23.8. The van der Waals surface area contributed by atoms with E-state index in [2.05, 4.69) is 17.0 Å². The molecule has 172 valence electrons. The summed E-state index contributed by atoms with van der Waals surface area (Å²) in [5.41, 5.74) is 1.39. The topological polar surface area (TPSA) is 70.1 Å². The van der Waals surface area contributed by atoms with Gasteiger partial charge in [-0.15, -0.1) is 0 Å². The predicted molar refractivity (Wildman–Crippen MR) is 115 cm³/mol. The third-order valence-corrected chi connectivity index (χ3v) is 6.31. The Labute approximate surface area is 186 Å². The molecule has 0 saturated carbocycles. The first-order valence-electron chi connectivity index (χ1n) is 10.5. The second-order valence-corrected chi connectivity index (χ2v) is 8.18. The fraction of sp³-hybridized carbons (Fsp3) is 0.417. The van der Waals surface area contributed by atoms with Crippen LogP contribution in [0.3, 0.4) is 0 Å². The molecule has 0 radical (unpaired) electrons. The Morgan fingerprint density at radius 2 is 1.91 bits per heavy atom. The summed E-state index contributed by atoms with van der Waals surface area (Å²) in [5, 5.41) is 6.89. The lowest BCUT2D eigenvalue weighted by atomic mass is 9.73. The molecule has 2 heterocycles. The Hall–Kier alpha value is -2.84. The molecule has 2 aromatic rings. The van der Waals surface area contributed by atoms with Gasteiger partial charge in [-0.2, -0.15) is 0 Å². The Bertz CT molecular complexity index is 927. The van der Waals surface area contributed by atoms with Crippen molar-refractivity contribution in [1.82, 2.24) is 9.80 Å². The van der Waals surface area contributed by atoms with E-state index in [9.17, 15) is 13.6 Å². The summed E-state index contributed by atoms with van der Waals surface area (Å²) in [5.74, 6) is -1.42. The van der Waals surface area contributed by atoms with Gasteiger partial charge in [0.1, 0.15) is 0 Å². The zero-order valence-electron chi connectivity index (χ0n) is 18.0. The first-order chi connectivity index (χ1) is 15.4. The van der Waals surface area contributed by atoms with Gasteiger partial charge in [0.2, 0.25) is 5.91 Å². The number of halogens is 2. The molecule has 32 heavy (non-hydrogen) atoms. The second kappa shape index (κ2) is 10.7. The van der Waals surface area contributed by atoms with Crippen LogP contribution in [0.2, 0.25) is 0 Å². The summed E-state index contributed by atoms with van der Waals surface area (Å²) < 4.78 is 32.1. The predicted octanol–water partition coefficient (Wildman–Crippen LogP) is 3.13. The molecule has 2 atom stereocenters. The van der Waals surface area contributed by atoms with E-state index in [1.54, 1.807) is 13.2 Å². The molecule has 0 unspecified atom stereocenters. The molecule has 1 N–H and O–H groups in total. The van der Waals surface area contributed by atoms with Crippen molar-refractivity contribution in [2.45, 2.75) is 18.9 Å². The van der Waals surface area contributed by atoms with Crippen molar-refractivity contribution in [3.63, 3.8) is 0 Å². The van der Waals surface area contributed by atoms with E-state index in [1.807, 2.05) is 23.1 Å². The lowest BCUT2D eigenvalue weighted by molar-refractivity contribution is -0.136. The van der Waals surface area contributed by atoms with Gasteiger partial charge < -0.3 is 14.7 Å². The monoisotopic (exact) mass is 446 g/mol. The van der Waals surface area contributed by atoms with E-state index in [0.717, 1.165) is 24.1 Å². The van der Waals surface area contributed by atoms with Gasteiger partial charge in [0.15, 0.2) is 11.6 Å². The molecule has 2 aliphatic heterocycles. The zero-order chi connectivity index (χ0) is 23.1. The smallest absolute Gasteiger partial charge is 0.290 e. The zero-order valence-corrected chi connectivity index (χ0v) is 18.0. The molecular formula is C24H28F2N2O4. The number of benzene rings is 2. The molecule has 1 spiro atoms. The highest BCUT2D eigenvalue weighted by Gasteiger charge is 2.56. The van der Waals surface area contributed by atoms with E-state index < -0.39 is 17.0 Å². The van der Waals surface area contributed by atoms with Crippen LogP contribution in [-0.2, 0) is 20.9 Å². The fourth-order valence-corrected chi connectivity index (χ4v) is 4.88. The number of carbonyl (C=O) groups is 2. The summed E-state index contributed by atoms with van der Waals surface area (Å²) in [6, 6.07) is 14.2. The summed E-state index contributed by atoms with van der Waals surface area (Å²) in [7, 11) is 1.64. The van der Waals surface area contributed by atoms with E-state index in [1.165, 1.54) is 12.1 Å². The van der Waals surface area contributed by atoms with Crippen molar-refractivity contribution in [2.24, 2.45) is 5.41 Å². The lowest BCUT2D eigenvalue weighted by Gasteiger charge is -2.29. The van der Waals surface area contributed by atoms with Gasteiger partial charge in [0, 0.05) is 45.8 Å². The van der Waals surface area contributed by atoms with Crippen LogP contribution in [0.15, 0.2) is 48.5 Å². The Morgan fingerprint density at radius 1 is 1.19 bits per heavy atom. The molecule has 2 aliphatic rings. The summed E-state index contributed by atoms with van der Waals surface area (Å²) in [4.78, 5) is 25.9. The lowest BCUT2D eigenvalue weighted by Crippen LogP contribution is -2.40. The number of nitrogens with zero attached hydrogens (tertiary/aromatic N) is 2. The third-order valence-electron chi connectivity index (χ3n) is 6.31. The number of methoxy groups -OCH3 is 1. The van der Waals surface area contributed by atoms with Gasteiger partial charge in [-0.05, 0) is 29.7 Å². The molecular weight excluding hydrogens is 418 g/mol. The minimum Gasteiger partial charge on any atom is -0.483 e. The Kier molecular flexibility index (Phi) is 7.93. The maximum absolute atomic E-state index is 13.7. The second-order valence-electron chi connectivity index (χ2n) is 8.18. The molecule has 8 heteroatoms. The Morgan fingerprint density at radius 3 is 2.56 bits per heavy atom. The molecule has 0 bridgehead atoms. The van der Waals surface area contributed by atoms with Gasteiger partial charge in [0.05, 0.1) is 12.0 Å². The van der Waals surface area contributed by atoms with Gasteiger partial charge in [0.25, 0.3) is 6.47 Å². The van der Waals surface area contributed by atoms with Crippen molar-refractivity contribution < 1.29 is 28.2 Å². The van der Waals surface area contributed by atoms with E-state index in [-0.39, 0.29) is 18.3 Å². The highest BCUT2D eigenvalue weighted by Crippen LogP contribution is 2.50. The van der Waals surface area contributed by atoms with Crippen molar-refractivity contribution >= 4 is 12.4 Å². The van der Waals surface area contributed by atoms with Crippen molar-refractivity contribution in [2.75, 3.05) is 39.9 Å². The SMILES string of the molecule is COCCN1CC[C@@]2(CN(Cc3ccc(F)c(F)c3)C[C@@H]2c2ccccc2)C1=O.O=CO. The van der Waals surface area contributed by atoms with Crippen LogP contribution in [0.4, 0.5) is 8.78 Å². The van der Waals surface area contributed by atoms with Gasteiger partial charge in [-0.3, -0.25) is 14.5 Å². The van der Waals surface area contributed by atoms with Gasteiger partial charge in [-0.1, -0.05) is 36.4 Å². The maximum atomic E-state index is 13.7. The average molecular weight is 446 g/mol. The highest BCUT2D eigenvalue weighted by atomic mass is 19.2. The van der Waals surface area contributed by atoms with E-state index in [4.69, 9.17) is 14.6 Å². The highest BCUT2D eigenvalue weighted by molar-refractivity contribution is 5.87. The largest absolute Gasteiger partial charge is 0.483 e. The Balaban J connectivity index is 0.000000913. The standard InChI is InChI=1S/C23H26F2N2O2.CH2O2/c1-29-12-11-27-10-9-23(22(27)28)16-26(14-17-7-8-20(24)21(25)13-17)15-19(23)18-5-3-2-4-6-18;2-1-3/h2-8,13,19H,9-12,14-16H2,1H3;1H,(H,2,3)/t19-,23+;/m1./s1. The quantitative estimate of drug-likeness (QED) is 0.691. The number of likely N-dealkylation sites (tertiary alicyclic amines) is 2. The van der Waals surface area contributed by atoms with Crippen molar-refractivity contribution in [3.05, 3.63) is 71.3 Å². The number of hydrogen-bond donors (Lipinski definition) is 1. The summed E-state index contributed by atoms with van der Waals surface area (Å²) in [6.07, 6.45) is 0.795. The third kappa shape index (κ3) is 4.97. The molecule has 2 fully saturated rings. The number of carboxylic acid groups (broad SMARTS) is 1. The average Bonchev–Trinajstić information content (AvgIpc) is 3.31. The molecule has 2 saturated heterocycles. The van der Waals surface area contributed by atoms with E-state index >= 15 is 0 Å². The van der Waals surface area contributed by atoms with Crippen LogP contribution < -0.4 is 0 Å². The van der Waals surface area contributed by atoms with Crippen LogP contribution in [0.25, 0.3) is 0 Å². The normalized spacial score (nSPS) is 22.8. The number of hydrogen-bond acceptors (Lipinski definition) is 4. The summed E-state index contributed by atoms with van der Waals surface area (Å²) >= 11 is 0. The molecule has 0 aromatic heterocycles. The van der Waals surface area contributed by atoms with Crippen LogP contribution in [0.1, 0.15) is 23.5 Å². The van der Waals surface area contributed by atoms with E-state index in [0.29, 0.717) is 32.8 Å². The number of carbonyl (C=O) groups excluding carboxylic acids is 1. The first-order valence-corrected chi connectivity index (χ1v) is 10.5. The van der Waals surface area contributed by atoms with Crippen molar-refractivity contribution in [1.29, 1.82) is 0 Å². The van der Waals surface area contributed by atoms with Crippen LogP contribution in [0.5, 0.6) is 0 Å². The minimum atomic E-state index is -0.839. The molecule has 6 nitrogen and oxygen atoms in total. The molecule has 1 amide bonds. The van der Waals surface area contributed by atoms with Gasteiger partial charge >= 0.3 is 0 Å². The summed E-state index contributed by atoms with van der Waals surface area (Å²) in [6.45, 7) is 3.43. The number of ether oxygens (including phenoxy) is 1. The van der Waals surface area contributed by atoms with Crippen LogP contribution in [0, 0.1) is 17.0 Å². The van der Waals surface area contributed by atoms with Crippen LogP contribution in [-0.4, -0.2) is 67.2 Å². The number of amides is 1. The number of rotatable bonds is 6. The van der Waals surface area contributed by atoms with Crippen LogP contribution >= 0.6 is 0 Å². The fourth-order valence-electron chi connectivity index (χ4n) is 4.88. The molecule has 4 rings (SSSR count). The molecule has 2 aromatic carbocycles. The van der Waals surface area contributed by atoms with Gasteiger partial charge in [-0.25, -0.2) is 8.78 Å². The minimum absolute atomic E-state index is 0.0778. The maximum Gasteiger partial charge on any atom is 0.290 e.